The first-order valence-electron chi connectivity index (χ1n) is 7.47. The maximum Gasteiger partial charge on any atom is 0.372 e. The molecule has 1 fully saturated rings. The maximum absolute atomic E-state index is 11.2. The molecule has 1 aromatic carbocycles. The first-order valence-corrected chi connectivity index (χ1v) is 7.47. The Labute approximate surface area is 124 Å². The van der Waals surface area contributed by atoms with Crippen LogP contribution in [0, 0.1) is 20.8 Å². The Morgan fingerprint density at radius 1 is 1.19 bits per heavy atom. The second-order valence-corrected chi connectivity index (χ2v) is 6.01. The first kappa shape index (κ1) is 14.1. The molecular formula is C17H21NO3. The van der Waals surface area contributed by atoms with Crippen LogP contribution in [0.15, 0.2) is 10.5 Å². The number of hydrogen-bond acceptors (Lipinski definition) is 3. The average Bonchev–Trinajstić information content (AvgIpc) is 3.05. The summed E-state index contributed by atoms with van der Waals surface area (Å²) in [6, 6.07) is 2.11. The number of fused-ring (bicyclic) bond motifs is 1. The van der Waals surface area contributed by atoms with E-state index in [1.54, 1.807) is 0 Å². The van der Waals surface area contributed by atoms with Gasteiger partial charge in [0, 0.05) is 17.5 Å². The van der Waals surface area contributed by atoms with Gasteiger partial charge in [0.15, 0.2) is 0 Å². The zero-order valence-corrected chi connectivity index (χ0v) is 12.8. The van der Waals surface area contributed by atoms with Gasteiger partial charge < -0.3 is 9.52 Å². The number of aryl methyl sites for hydroxylation is 2. The zero-order chi connectivity index (χ0) is 15.1. The van der Waals surface area contributed by atoms with Gasteiger partial charge in [-0.1, -0.05) is 0 Å². The molecule has 1 aromatic heterocycles. The topological polar surface area (TPSA) is 53.7 Å². The molecule has 1 N–H and O–H groups in total. The summed E-state index contributed by atoms with van der Waals surface area (Å²) >= 11 is 0. The normalized spacial score (nSPS) is 16.0. The molecule has 0 saturated carbocycles. The number of nitrogens with zero attached hydrogens (tertiary/aromatic N) is 1. The molecule has 1 aliphatic heterocycles. The van der Waals surface area contributed by atoms with Crippen LogP contribution in [0.3, 0.4) is 0 Å². The monoisotopic (exact) mass is 287 g/mol. The standard InChI is InChI=1S/C17H21NO3/c1-10-11(2)15-14(12(3)16(21-15)17(19)20)8-13(10)9-18-6-4-5-7-18/h8H,4-7,9H2,1-3H3,(H,19,20). The number of carboxylic acids is 1. The molecule has 1 aliphatic rings. The molecule has 3 rings (SSSR count). The molecule has 4 heteroatoms. The number of aromatic carboxylic acids is 1. The number of furan rings is 1. The van der Waals surface area contributed by atoms with Gasteiger partial charge in [0.1, 0.15) is 5.58 Å². The van der Waals surface area contributed by atoms with Crippen molar-refractivity contribution in [1.82, 2.24) is 4.90 Å². The molecule has 0 aliphatic carbocycles. The van der Waals surface area contributed by atoms with Gasteiger partial charge in [0.25, 0.3) is 0 Å². The van der Waals surface area contributed by atoms with E-state index in [0.717, 1.165) is 36.1 Å². The van der Waals surface area contributed by atoms with Crippen LogP contribution >= 0.6 is 0 Å². The van der Waals surface area contributed by atoms with E-state index in [-0.39, 0.29) is 5.76 Å². The lowest BCUT2D eigenvalue weighted by Crippen LogP contribution is -2.19. The van der Waals surface area contributed by atoms with Crippen molar-refractivity contribution >= 4 is 16.9 Å². The van der Waals surface area contributed by atoms with E-state index in [0.29, 0.717) is 5.58 Å². The summed E-state index contributed by atoms with van der Waals surface area (Å²) in [5, 5.41) is 10.2. The van der Waals surface area contributed by atoms with Crippen LogP contribution in [0.1, 0.15) is 45.7 Å². The van der Waals surface area contributed by atoms with E-state index in [1.807, 2.05) is 13.8 Å². The number of carboxylic acid groups (broad SMARTS) is 1. The highest BCUT2D eigenvalue weighted by atomic mass is 16.4. The van der Waals surface area contributed by atoms with Crippen molar-refractivity contribution in [2.45, 2.75) is 40.2 Å². The van der Waals surface area contributed by atoms with Crippen LogP contribution < -0.4 is 0 Å². The van der Waals surface area contributed by atoms with Crippen molar-refractivity contribution in [2.75, 3.05) is 13.1 Å². The zero-order valence-electron chi connectivity index (χ0n) is 12.8. The Balaban J connectivity index is 2.11. The largest absolute Gasteiger partial charge is 0.475 e. The third-order valence-corrected chi connectivity index (χ3v) is 4.68. The van der Waals surface area contributed by atoms with Gasteiger partial charge in [-0.2, -0.15) is 0 Å². The molecule has 0 bridgehead atoms. The highest BCUT2D eigenvalue weighted by Crippen LogP contribution is 2.32. The molecule has 2 aromatic rings. The lowest BCUT2D eigenvalue weighted by molar-refractivity contribution is 0.0664. The third-order valence-electron chi connectivity index (χ3n) is 4.68. The predicted molar refractivity (Wildman–Crippen MR) is 81.9 cm³/mol. The fourth-order valence-electron chi connectivity index (χ4n) is 3.22. The molecule has 0 amide bonds. The van der Waals surface area contributed by atoms with Gasteiger partial charge in [-0.3, -0.25) is 4.90 Å². The number of rotatable bonds is 3. The molecule has 1 saturated heterocycles. The second kappa shape index (κ2) is 5.19. The van der Waals surface area contributed by atoms with Crippen molar-refractivity contribution < 1.29 is 14.3 Å². The van der Waals surface area contributed by atoms with Gasteiger partial charge in [-0.25, -0.2) is 4.79 Å². The molecule has 0 radical (unpaired) electrons. The number of hydrogen-bond donors (Lipinski definition) is 1. The summed E-state index contributed by atoms with van der Waals surface area (Å²) in [7, 11) is 0. The van der Waals surface area contributed by atoms with Crippen molar-refractivity contribution in [3.05, 3.63) is 34.1 Å². The molecule has 0 unspecified atom stereocenters. The van der Waals surface area contributed by atoms with Gasteiger partial charge in [-0.15, -0.1) is 0 Å². The van der Waals surface area contributed by atoms with Crippen LogP contribution in [0.25, 0.3) is 11.0 Å². The number of likely N-dealkylation sites (tertiary alicyclic amines) is 1. The van der Waals surface area contributed by atoms with Gasteiger partial charge in [0.2, 0.25) is 5.76 Å². The fraction of sp³-hybridized carbons (Fsp3) is 0.471. The molecule has 2 heterocycles. The highest BCUT2D eigenvalue weighted by molar-refractivity contribution is 5.96. The molecule has 4 nitrogen and oxygen atoms in total. The van der Waals surface area contributed by atoms with Crippen molar-refractivity contribution in [2.24, 2.45) is 0 Å². The quantitative estimate of drug-likeness (QED) is 0.936. The van der Waals surface area contributed by atoms with Crippen LogP contribution in [-0.2, 0) is 6.54 Å². The van der Waals surface area contributed by atoms with E-state index in [1.165, 1.54) is 24.0 Å². The third kappa shape index (κ3) is 2.33. The van der Waals surface area contributed by atoms with Gasteiger partial charge >= 0.3 is 5.97 Å². The molecule has 0 spiro atoms. The summed E-state index contributed by atoms with van der Waals surface area (Å²) in [5.74, 6) is -0.937. The average molecular weight is 287 g/mol. The first-order chi connectivity index (χ1) is 9.99. The van der Waals surface area contributed by atoms with Crippen LogP contribution in [-0.4, -0.2) is 29.1 Å². The summed E-state index contributed by atoms with van der Waals surface area (Å²) in [6.07, 6.45) is 2.54. The Kier molecular flexibility index (Phi) is 3.49. The van der Waals surface area contributed by atoms with E-state index in [2.05, 4.69) is 17.9 Å². The Bertz CT molecular complexity index is 709. The minimum absolute atomic E-state index is 0.0609. The summed E-state index contributed by atoms with van der Waals surface area (Å²) in [4.78, 5) is 13.7. The summed E-state index contributed by atoms with van der Waals surface area (Å²) in [5.41, 5.74) is 4.98. The van der Waals surface area contributed by atoms with Crippen LogP contribution in [0.5, 0.6) is 0 Å². The van der Waals surface area contributed by atoms with Gasteiger partial charge in [0.05, 0.1) is 0 Å². The van der Waals surface area contributed by atoms with Crippen molar-refractivity contribution in [1.29, 1.82) is 0 Å². The van der Waals surface area contributed by atoms with E-state index in [4.69, 9.17) is 4.42 Å². The SMILES string of the molecule is Cc1c(CN2CCCC2)cc2c(C)c(C(=O)O)oc2c1C. The molecule has 21 heavy (non-hydrogen) atoms. The lowest BCUT2D eigenvalue weighted by Gasteiger charge is -2.17. The minimum atomic E-state index is -0.998. The maximum atomic E-state index is 11.2. The van der Waals surface area contributed by atoms with Crippen molar-refractivity contribution in [3.8, 4) is 0 Å². The van der Waals surface area contributed by atoms with Crippen molar-refractivity contribution in [3.63, 3.8) is 0 Å². The highest BCUT2D eigenvalue weighted by Gasteiger charge is 2.21. The fourth-order valence-corrected chi connectivity index (χ4v) is 3.22. The second-order valence-electron chi connectivity index (χ2n) is 6.01. The molecule has 112 valence electrons. The predicted octanol–water partition coefficient (Wildman–Crippen LogP) is 3.65. The summed E-state index contributed by atoms with van der Waals surface area (Å²) < 4.78 is 5.58. The Morgan fingerprint density at radius 2 is 1.86 bits per heavy atom. The van der Waals surface area contributed by atoms with E-state index in [9.17, 15) is 9.90 Å². The lowest BCUT2D eigenvalue weighted by atomic mass is 9.98. The minimum Gasteiger partial charge on any atom is -0.475 e. The number of carbonyl (C=O) groups is 1. The van der Waals surface area contributed by atoms with Gasteiger partial charge in [-0.05, 0) is 69.5 Å². The Morgan fingerprint density at radius 3 is 2.48 bits per heavy atom. The molecular weight excluding hydrogens is 266 g/mol. The molecule has 0 atom stereocenters. The number of benzene rings is 1. The van der Waals surface area contributed by atoms with Crippen LogP contribution in [0.4, 0.5) is 0 Å². The summed E-state index contributed by atoms with van der Waals surface area (Å²) in [6.45, 7) is 9.18. The smallest absolute Gasteiger partial charge is 0.372 e. The van der Waals surface area contributed by atoms with Crippen LogP contribution in [0.2, 0.25) is 0 Å². The van der Waals surface area contributed by atoms with E-state index < -0.39 is 5.97 Å². The van der Waals surface area contributed by atoms with E-state index >= 15 is 0 Å². The Hall–Kier alpha value is -1.81.